The van der Waals surface area contributed by atoms with Crippen molar-refractivity contribution in [2.45, 2.75) is 26.4 Å². The summed E-state index contributed by atoms with van der Waals surface area (Å²) in [4.78, 5) is 26.8. The van der Waals surface area contributed by atoms with Crippen molar-refractivity contribution in [2.24, 2.45) is 0 Å². The van der Waals surface area contributed by atoms with Crippen LogP contribution in [0.4, 0.5) is 5.69 Å². The molecule has 8 heteroatoms. The van der Waals surface area contributed by atoms with Crippen LogP contribution < -0.4 is 15.4 Å². The van der Waals surface area contributed by atoms with Crippen molar-refractivity contribution in [2.75, 3.05) is 31.6 Å². The molecular formula is C23H27N3O4S. The molecular weight excluding hydrogens is 414 g/mol. The lowest BCUT2D eigenvalue weighted by molar-refractivity contribution is 0.0303. The quantitative estimate of drug-likeness (QED) is 0.669. The normalized spacial score (nSPS) is 14.5. The Balaban J connectivity index is 1.55. The van der Waals surface area contributed by atoms with E-state index < -0.39 is 0 Å². The van der Waals surface area contributed by atoms with E-state index in [-0.39, 0.29) is 23.0 Å². The number of nitrogens with one attached hydrogen (secondary N) is 2. The number of nitrogens with zero attached hydrogens (tertiary/aromatic N) is 1. The highest BCUT2D eigenvalue weighted by atomic mass is 32.1. The Bertz CT molecular complexity index is 927. The molecule has 1 aliphatic rings. The first kappa shape index (κ1) is 22.7. The minimum absolute atomic E-state index is 0.0229. The summed E-state index contributed by atoms with van der Waals surface area (Å²) in [5, 5.41) is 5.80. The molecule has 0 spiro atoms. The number of hydrogen-bond acceptors (Lipinski definition) is 5. The summed E-state index contributed by atoms with van der Waals surface area (Å²) in [5.41, 5.74) is 1.73. The summed E-state index contributed by atoms with van der Waals surface area (Å²) in [6.07, 6.45) is 0.945. The molecule has 3 rings (SSSR count). The van der Waals surface area contributed by atoms with Gasteiger partial charge in [-0.05, 0) is 68.0 Å². The Kier molecular flexibility index (Phi) is 7.97. The van der Waals surface area contributed by atoms with Crippen LogP contribution in [0.1, 0.15) is 41.0 Å². The van der Waals surface area contributed by atoms with Crippen molar-refractivity contribution in [3.8, 4) is 5.75 Å². The molecule has 0 bridgehead atoms. The van der Waals surface area contributed by atoms with Crippen LogP contribution in [0.5, 0.6) is 5.75 Å². The fourth-order valence-corrected chi connectivity index (χ4v) is 3.22. The number of carbonyl (C=O) groups excluding carboxylic acids is 2. The van der Waals surface area contributed by atoms with Crippen LogP contribution in [0.25, 0.3) is 0 Å². The fraction of sp³-hybridized carbons (Fsp3) is 0.348. The van der Waals surface area contributed by atoms with E-state index in [1.54, 1.807) is 47.4 Å². The summed E-state index contributed by atoms with van der Waals surface area (Å²) in [6.45, 7) is 6.33. The van der Waals surface area contributed by atoms with Gasteiger partial charge in [-0.15, -0.1) is 0 Å². The van der Waals surface area contributed by atoms with Gasteiger partial charge in [-0.2, -0.15) is 0 Å². The second-order valence-corrected chi connectivity index (χ2v) is 7.66. The van der Waals surface area contributed by atoms with E-state index in [4.69, 9.17) is 21.7 Å². The Morgan fingerprint density at radius 1 is 1.13 bits per heavy atom. The van der Waals surface area contributed by atoms with E-state index in [0.717, 1.165) is 6.42 Å². The molecule has 2 aromatic carbocycles. The first-order valence-electron chi connectivity index (χ1n) is 10.3. The molecule has 1 heterocycles. The Labute approximate surface area is 187 Å². The van der Waals surface area contributed by atoms with Crippen LogP contribution in [0.2, 0.25) is 0 Å². The smallest absolute Gasteiger partial charge is 0.257 e. The van der Waals surface area contributed by atoms with Gasteiger partial charge in [0.1, 0.15) is 5.75 Å². The molecule has 1 atom stereocenters. The molecule has 2 aromatic rings. The summed E-state index contributed by atoms with van der Waals surface area (Å²) >= 11 is 5.26. The van der Waals surface area contributed by atoms with Gasteiger partial charge < -0.3 is 19.7 Å². The van der Waals surface area contributed by atoms with E-state index in [1.807, 2.05) is 19.9 Å². The number of rotatable bonds is 6. The minimum Gasteiger partial charge on any atom is -0.491 e. The van der Waals surface area contributed by atoms with Crippen LogP contribution >= 0.6 is 12.2 Å². The van der Waals surface area contributed by atoms with Gasteiger partial charge in [-0.25, -0.2) is 0 Å². The minimum atomic E-state index is -0.328. The van der Waals surface area contributed by atoms with E-state index in [9.17, 15) is 9.59 Å². The molecule has 2 amide bonds. The molecule has 1 unspecified atom stereocenters. The fourth-order valence-electron chi connectivity index (χ4n) is 3.01. The number of thiocarbonyl (C=S) groups is 1. The molecule has 0 aromatic heterocycles. The number of amides is 2. The van der Waals surface area contributed by atoms with Gasteiger partial charge in [0.15, 0.2) is 5.11 Å². The summed E-state index contributed by atoms with van der Waals surface area (Å²) in [5.74, 6) is 0.290. The largest absolute Gasteiger partial charge is 0.491 e. The Morgan fingerprint density at radius 2 is 1.84 bits per heavy atom. The predicted octanol–water partition coefficient (Wildman–Crippen LogP) is 3.46. The maximum atomic E-state index is 12.5. The third-order valence-electron chi connectivity index (χ3n) is 4.92. The highest BCUT2D eigenvalue weighted by Gasteiger charge is 2.18. The van der Waals surface area contributed by atoms with Crippen molar-refractivity contribution < 1.29 is 19.1 Å². The standard InChI is InChI=1S/C23H27N3O4S/c1-3-16(2)30-20-6-4-5-18(15-20)21(27)25-23(31)24-19-9-7-17(8-10-19)22(28)26-11-13-29-14-12-26/h4-10,15-16H,3,11-14H2,1-2H3,(H2,24,25,27,31). The van der Waals surface area contributed by atoms with E-state index in [0.29, 0.717) is 48.9 Å². The summed E-state index contributed by atoms with van der Waals surface area (Å²) in [7, 11) is 0. The zero-order valence-corrected chi connectivity index (χ0v) is 18.5. The van der Waals surface area contributed by atoms with Gasteiger partial charge in [-0.3, -0.25) is 14.9 Å². The molecule has 31 heavy (non-hydrogen) atoms. The van der Waals surface area contributed by atoms with Gasteiger partial charge in [-0.1, -0.05) is 13.0 Å². The van der Waals surface area contributed by atoms with Crippen molar-refractivity contribution in [1.29, 1.82) is 0 Å². The van der Waals surface area contributed by atoms with Gasteiger partial charge in [0, 0.05) is 29.9 Å². The van der Waals surface area contributed by atoms with Crippen LogP contribution in [0.15, 0.2) is 48.5 Å². The zero-order chi connectivity index (χ0) is 22.2. The lowest BCUT2D eigenvalue weighted by atomic mass is 10.1. The summed E-state index contributed by atoms with van der Waals surface area (Å²) in [6, 6.07) is 14.0. The molecule has 1 fully saturated rings. The number of morpholine rings is 1. The molecule has 7 nitrogen and oxygen atoms in total. The Hall–Kier alpha value is -2.97. The van der Waals surface area contributed by atoms with Crippen molar-refractivity contribution in [3.63, 3.8) is 0 Å². The van der Waals surface area contributed by atoms with Gasteiger partial charge in [0.2, 0.25) is 0 Å². The van der Waals surface area contributed by atoms with Crippen LogP contribution in [0.3, 0.4) is 0 Å². The average molecular weight is 442 g/mol. The molecule has 1 aliphatic heterocycles. The molecule has 164 valence electrons. The zero-order valence-electron chi connectivity index (χ0n) is 17.7. The third-order valence-corrected chi connectivity index (χ3v) is 5.13. The maximum absolute atomic E-state index is 12.5. The lowest BCUT2D eigenvalue weighted by Crippen LogP contribution is -2.40. The molecule has 0 radical (unpaired) electrons. The third kappa shape index (κ3) is 6.50. The lowest BCUT2D eigenvalue weighted by Gasteiger charge is -2.26. The number of benzene rings is 2. The van der Waals surface area contributed by atoms with E-state index >= 15 is 0 Å². The number of anilines is 1. The second kappa shape index (κ2) is 10.9. The predicted molar refractivity (Wildman–Crippen MR) is 124 cm³/mol. The van der Waals surface area contributed by atoms with Gasteiger partial charge >= 0.3 is 0 Å². The maximum Gasteiger partial charge on any atom is 0.257 e. The first-order valence-corrected chi connectivity index (χ1v) is 10.7. The second-order valence-electron chi connectivity index (χ2n) is 7.25. The van der Waals surface area contributed by atoms with Crippen molar-refractivity contribution in [3.05, 3.63) is 59.7 Å². The molecule has 0 saturated carbocycles. The molecule has 2 N–H and O–H groups in total. The highest BCUT2D eigenvalue weighted by Crippen LogP contribution is 2.16. The van der Waals surface area contributed by atoms with E-state index in [1.165, 1.54) is 0 Å². The topological polar surface area (TPSA) is 79.9 Å². The molecule has 1 saturated heterocycles. The van der Waals surface area contributed by atoms with Gasteiger partial charge in [0.25, 0.3) is 11.8 Å². The van der Waals surface area contributed by atoms with Crippen molar-refractivity contribution >= 4 is 34.8 Å². The average Bonchev–Trinajstić information content (AvgIpc) is 2.79. The van der Waals surface area contributed by atoms with Gasteiger partial charge in [0.05, 0.1) is 19.3 Å². The van der Waals surface area contributed by atoms with Crippen LogP contribution in [0, 0.1) is 0 Å². The van der Waals surface area contributed by atoms with Crippen LogP contribution in [-0.4, -0.2) is 54.2 Å². The Morgan fingerprint density at radius 3 is 2.52 bits per heavy atom. The molecule has 0 aliphatic carbocycles. The van der Waals surface area contributed by atoms with Crippen molar-refractivity contribution in [1.82, 2.24) is 10.2 Å². The van der Waals surface area contributed by atoms with E-state index in [2.05, 4.69) is 10.6 Å². The monoisotopic (exact) mass is 441 g/mol. The first-order chi connectivity index (χ1) is 15.0. The number of carbonyl (C=O) groups is 2. The number of hydrogen-bond donors (Lipinski definition) is 2. The highest BCUT2D eigenvalue weighted by molar-refractivity contribution is 7.80. The number of ether oxygens (including phenoxy) is 2. The van der Waals surface area contributed by atoms with Crippen LogP contribution in [-0.2, 0) is 4.74 Å². The SMILES string of the molecule is CCC(C)Oc1cccc(C(=O)NC(=S)Nc2ccc(C(=O)N3CCOCC3)cc2)c1. The summed E-state index contributed by atoms with van der Waals surface area (Å²) < 4.78 is 11.0.